The molecule has 0 aromatic rings. The first-order valence-corrected chi connectivity index (χ1v) is 7.26. The van der Waals surface area contributed by atoms with E-state index in [4.69, 9.17) is 5.11 Å². The van der Waals surface area contributed by atoms with Gasteiger partial charge in [-0.15, -0.1) is 0 Å². The average Bonchev–Trinajstić information content (AvgIpc) is 3.18. The quantitative estimate of drug-likeness (QED) is 0.736. The Morgan fingerprint density at radius 1 is 1.26 bits per heavy atom. The van der Waals surface area contributed by atoms with Crippen LogP contribution in [0.5, 0.6) is 0 Å². The molecule has 1 rings (SSSR count). The van der Waals surface area contributed by atoms with Crippen molar-refractivity contribution in [1.82, 2.24) is 9.80 Å². The summed E-state index contributed by atoms with van der Waals surface area (Å²) in [6.07, 6.45) is 3.36. The summed E-state index contributed by atoms with van der Waals surface area (Å²) in [5.74, 6) is -0.713. The molecule has 5 nitrogen and oxygen atoms in total. The van der Waals surface area contributed by atoms with E-state index in [0.717, 1.165) is 19.5 Å². The topological polar surface area (TPSA) is 60.9 Å². The highest BCUT2D eigenvalue weighted by Crippen LogP contribution is 2.30. The van der Waals surface area contributed by atoms with Gasteiger partial charge in [0.2, 0.25) is 0 Å². The lowest BCUT2D eigenvalue weighted by Crippen LogP contribution is -2.46. The van der Waals surface area contributed by atoms with Gasteiger partial charge >= 0.3 is 12.0 Å². The fourth-order valence-corrected chi connectivity index (χ4v) is 2.10. The van der Waals surface area contributed by atoms with Gasteiger partial charge in [0.25, 0.3) is 0 Å². The van der Waals surface area contributed by atoms with Gasteiger partial charge in [-0.2, -0.15) is 0 Å². The predicted octanol–water partition coefficient (Wildman–Crippen LogP) is 2.27. The average molecular weight is 270 g/mol. The molecule has 1 atom stereocenters. The molecule has 1 fully saturated rings. The number of amides is 2. The monoisotopic (exact) mass is 270 g/mol. The Bertz CT molecular complexity index is 316. The summed E-state index contributed by atoms with van der Waals surface area (Å²) in [6.45, 7) is 8.02. The van der Waals surface area contributed by atoms with E-state index in [1.165, 1.54) is 12.8 Å². The maximum Gasteiger partial charge on any atom is 0.320 e. The molecule has 1 aliphatic rings. The summed E-state index contributed by atoms with van der Waals surface area (Å²) in [5.41, 5.74) is 0. The summed E-state index contributed by atoms with van der Waals surface area (Å²) in [6, 6.07) is -0.00986. The molecular weight excluding hydrogens is 244 g/mol. The molecule has 2 amide bonds. The number of aliphatic carboxylic acids is 1. The van der Waals surface area contributed by atoms with Crippen LogP contribution in [0.2, 0.25) is 0 Å². The standard InChI is InChI=1S/C14H26N2O3/c1-4-8-16(10-12-6-7-12)14(19)15(5-2)9-11(3)13(17)18/h11-12H,4-10H2,1-3H3,(H,17,18). The van der Waals surface area contributed by atoms with Crippen LogP contribution in [0.3, 0.4) is 0 Å². The van der Waals surface area contributed by atoms with E-state index in [1.807, 2.05) is 11.8 Å². The molecule has 19 heavy (non-hydrogen) atoms. The highest BCUT2D eigenvalue weighted by atomic mass is 16.4. The van der Waals surface area contributed by atoms with Crippen LogP contribution in [-0.4, -0.2) is 53.1 Å². The highest BCUT2D eigenvalue weighted by molar-refractivity contribution is 5.76. The summed E-state index contributed by atoms with van der Waals surface area (Å²) < 4.78 is 0. The van der Waals surface area contributed by atoms with Crippen LogP contribution in [-0.2, 0) is 4.79 Å². The molecule has 0 saturated heterocycles. The van der Waals surface area contributed by atoms with Crippen molar-refractivity contribution in [1.29, 1.82) is 0 Å². The first-order valence-electron chi connectivity index (χ1n) is 7.26. The summed E-state index contributed by atoms with van der Waals surface area (Å²) in [7, 11) is 0. The zero-order valence-corrected chi connectivity index (χ0v) is 12.3. The summed E-state index contributed by atoms with van der Waals surface area (Å²) >= 11 is 0. The minimum Gasteiger partial charge on any atom is -0.481 e. The zero-order chi connectivity index (χ0) is 14.4. The zero-order valence-electron chi connectivity index (χ0n) is 12.3. The maximum atomic E-state index is 12.4. The number of nitrogens with zero attached hydrogens (tertiary/aromatic N) is 2. The lowest BCUT2D eigenvalue weighted by molar-refractivity contribution is -0.141. The number of hydrogen-bond donors (Lipinski definition) is 1. The number of hydrogen-bond acceptors (Lipinski definition) is 2. The Kier molecular flexibility index (Phi) is 6.12. The van der Waals surface area contributed by atoms with Gasteiger partial charge in [-0.1, -0.05) is 13.8 Å². The fourth-order valence-electron chi connectivity index (χ4n) is 2.10. The second-order valence-corrected chi connectivity index (χ2v) is 5.45. The van der Waals surface area contributed by atoms with E-state index < -0.39 is 11.9 Å². The number of carboxylic acids is 1. The highest BCUT2D eigenvalue weighted by Gasteiger charge is 2.29. The van der Waals surface area contributed by atoms with Crippen molar-refractivity contribution in [2.24, 2.45) is 11.8 Å². The molecule has 110 valence electrons. The molecule has 0 bridgehead atoms. The van der Waals surface area contributed by atoms with Gasteiger partial charge in [-0.05, 0) is 32.1 Å². The largest absolute Gasteiger partial charge is 0.481 e. The first-order chi connectivity index (χ1) is 8.99. The molecular formula is C14H26N2O3. The van der Waals surface area contributed by atoms with Gasteiger partial charge in [-0.25, -0.2) is 4.79 Å². The van der Waals surface area contributed by atoms with Crippen LogP contribution in [0.15, 0.2) is 0 Å². The van der Waals surface area contributed by atoms with Gasteiger partial charge < -0.3 is 14.9 Å². The minimum atomic E-state index is -0.851. The third-order valence-electron chi connectivity index (χ3n) is 3.51. The van der Waals surface area contributed by atoms with Gasteiger partial charge in [-0.3, -0.25) is 4.79 Å². The SMILES string of the molecule is CCCN(CC1CC1)C(=O)N(CC)CC(C)C(=O)O. The lowest BCUT2D eigenvalue weighted by atomic mass is 10.2. The van der Waals surface area contributed by atoms with Crippen molar-refractivity contribution < 1.29 is 14.7 Å². The second kappa shape index (κ2) is 7.36. The van der Waals surface area contributed by atoms with Gasteiger partial charge in [0.05, 0.1) is 5.92 Å². The molecule has 1 aliphatic carbocycles. The number of rotatable bonds is 8. The van der Waals surface area contributed by atoms with E-state index in [0.29, 0.717) is 12.5 Å². The Morgan fingerprint density at radius 3 is 2.32 bits per heavy atom. The van der Waals surface area contributed by atoms with E-state index in [-0.39, 0.29) is 12.6 Å². The van der Waals surface area contributed by atoms with Crippen LogP contribution in [0, 0.1) is 11.8 Å². The van der Waals surface area contributed by atoms with Crippen LogP contribution in [0.4, 0.5) is 4.79 Å². The van der Waals surface area contributed by atoms with Crippen LogP contribution < -0.4 is 0 Å². The van der Waals surface area contributed by atoms with E-state index in [1.54, 1.807) is 11.8 Å². The normalized spacial score (nSPS) is 15.9. The molecule has 1 N–H and O–H groups in total. The molecule has 0 heterocycles. The van der Waals surface area contributed by atoms with Crippen molar-refractivity contribution >= 4 is 12.0 Å². The van der Waals surface area contributed by atoms with Crippen molar-refractivity contribution in [2.45, 2.75) is 40.0 Å². The fraction of sp³-hybridized carbons (Fsp3) is 0.857. The molecule has 5 heteroatoms. The predicted molar refractivity (Wildman–Crippen MR) is 74.0 cm³/mol. The van der Waals surface area contributed by atoms with Gasteiger partial charge in [0, 0.05) is 26.2 Å². The third-order valence-corrected chi connectivity index (χ3v) is 3.51. The van der Waals surface area contributed by atoms with E-state index in [2.05, 4.69) is 6.92 Å². The lowest BCUT2D eigenvalue weighted by Gasteiger charge is -2.31. The van der Waals surface area contributed by atoms with Crippen molar-refractivity contribution in [3.63, 3.8) is 0 Å². The first kappa shape index (κ1) is 15.8. The van der Waals surface area contributed by atoms with E-state index >= 15 is 0 Å². The van der Waals surface area contributed by atoms with Gasteiger partial charge in [0.1, 0.15) is 0 Å². The van der Waals surface area contributed by atoms with Crippen LogP contribution >= 0.6 is 0 Å². The second-order valence-electron chi connectivity index (χ2n) is 5.45. The molecule has 1 saturated carbocycles. The summed E-state index contributed by atoms with van der Waals surface area (Å²) in [4.78, 5) is 26.9. The maximum absolute atomic E-state index is 12.4. The van der Waals surface area contributed by atoms with Crippen molar-refractivity contribution in [3.8, 4) is 0 Å². The van der Waals surface area contributed by atoms with Crippen LogP contribution in [0.25, 0.3) is 0 Å². The Morgan fingerprint density at radius 2 is 1.89 bits per heavy atom. The summed E-state index contributed by atoms with van der Waals surface area (Å²) in [5, 5.41) is 8.95. The smallest absolute Gasteiger partial charge is 0.320 e. The number of carbonyl (C=O) groups excluding carboxylic acids is 1. The number of urea groups is 1. The molecule has 0 aromatic heterocycles. The van der Waals surface area contributed by atoms with Gasteiger partial charge in [0.15, 0.2) is 0 Å². The Labute approximate surface area is 115 Å². The third kappa shape index (κ3) is 5.09. The van der Waals surface area contributed by atoms with E-state index in [9.17, 15) is 9.59 Å². The minimum absolute atomic E-state index is 0.00986. The van der Waals surface area contributed by atoms with Crippen LogP contribution in [0.1, 0.15) is 40.0 Å². The molecule has 0 aliphatic heterocycles. The number of carbonyl (C=O) groups is 2. The molecule has 0 spiro atoms. The van der Waals surface area contributed by atoms with Crippen molar-refractivity contribution in [3.05, 3.63) is 0 Å². The molecule has 1 unspecified atom stereocenters. The van der Waals surface area contributed by atoms with Crippen molar-refractivity contribution in [2.75, 3.05) is 26.2 Å². The molecule has 0 radical (unpaired) electrons. The Balaban J connectivity index is 2.59. The molecule has 0 aromatic carbocycles. The Hall–Kier alpha value is -1.26. The number of carboxylic acid groups (broad SMARTS) is 1.